The van der Waals surface area contributed by atoms with Crippen molar-refractivity contribution in [2.45, 2.75) is 38.1 Å². The number of nitrogens with one attached hydrogen (secondary N) is 1. The van der Waals surface area contributed by atoms with Crippen molar-refractivity contribution in [1.29, 1.82) is 0 Å². The zero-order valence-corrected chi connectivity index (χ0v) is 18.5. The average molecular weight is 432 g/mol. The summed E-state index contributed by atoms with van der Waals surface area (Å²) in [5.74, 6) is 2.36. The maximum Gasteiger partial charge on any atom is 0.230 e. The van der Waals surface area contributed by atoms with Crippen LogP contribution in [0, 0.1) is 0 Å². The first-order valence-corrected chi connectivity index (χ1v) is 10.9. The summed E-state index contributed by atoms with van der Waals surface area (Å²) in [5.41, 5.74) is 9.82. The molecule has 1 aromatic heterocycles. The molecule has 0 unspecified atom stereocenters. The molecular formula is C25H29N5O2. The van der Waals surface area contributed by atoms with Gasteiger partial charge in [-0.2, -0.15) is 0 Å². The fourth-order valence-electron chi connectivity index (χ4n) is 3.95. The van der Waals surface area contributed by atoms with Crippen LogP contribution in [-0.4, -0.2) is 36.2 Å². The number of rotatable bonds is 6. The minimum atomic E-state index is 0.274. The maximum atomic E-state index is 6.17. The number of guanidine groups is 1. The van der Waals surface area contributed by atoms with E-state index in [1.54, 1.807) is 14.2 Å². The molecule has 0 aliphatic heterocycles. The van der Waals surface area contributed by atoms with Gasteiger partial charge in [0.05, 0.1) is 26.0 Å². The van der Waals surface area contributed by atoms with Crippen molar-refractivity contribution in [2.24, 2.45) is 10.7 Å². The second kappa shape index (κ2) is 10.1. The molecule has 0 spiro atoms. The van der Waals surface area contributed by atoms with Crippen LogP contribution in [0.3, 0.4) is 0 Å². The lowest BCUT2D eigenvalue weighted by Crippen LogP contribution is -2.27. The first-order valence-electron chi connectivity index (χ1n) is 10.9. The first kappa shape index (κ1) is 21.6. The molecule has 7 heteroatoms. The van der Waals surface area contributed by atoms with Crippen LogP contribution >= 0.6 is 0 Å². The SMILES string of the molecule is COc1ccc(-c2cnc(NC(N)=NC3CCCCC3)nc2-c2ccc(OC)cc2)cc1. The largest absolute Gasteiger partial charge is 0.497 e. The molecule has 1 fully saturated rings. The summed E-state index contributed by atoms with van der Waals surface area (Å²) in [4.78, 5) is 13.9. The molecule has 3 aromatic rings. The predicted octanol–water partition coefficient (Wildman–Crippen LogP) is 4.89. The highest BCUT2D eigenvalue weighted by Gasteiger charge is 2.15. The monoisotopic (exact) mass is 431 g/mol. The Morgan fingerprint density at radius 2 is 1.50 bits per heavy atom. The molecule has 4 rings (SSSR count). The highest BCUT2D eigenvalue weighted by molar-refractivity contribution is 5.91. The number of hydrogen-bond donors (Lipinski definition) is 2. The van der Waals surface area contributed by atoms with Gasteiger partial charge in [0.2, 0.25) is 5.95 Å². The summed E-state index contributed by atoms with van der Waals surface area (Å²) in [6.07, 6.45) is 7.66. The number of aromatic nitrogens is 2. The Kier molecular flexibility index (Phi) is 6.84. The Morgan fingerprint density at radius 1 is 0.906 bits per heavy atom. The van der Waals surface area contributed by atoms with Gasteiger partial charge in [0.15, 0.2) is 5.96 Å². The fourth-order valence-corrected chi connectivity index (χ4v) is 3.95. The van der Waals surface area contributed by atoms with Gasteiger partial charge < -0.3 is 15.2 Å². The summed E-state index contributed by atoms with van der Waals surface area (Å²) >= 11 is 0. The lowest BCUT2D eigenvalue weighted by Gasteiger charge is -2.18. The quantitative estimate of drug-likeness (QED) is 0.426. The highest BCUT2D eigenvalue weighted by atomic mass is 16.5. The van der Waals surface area contributed by atoms with Crippen molar-refractivity contribution >= 4 is 11.9 Å². The molecule has 32 heavy (non-hydrogen) atoms. The molecule has 1 aliphatic carbocycles. The molecular weight excluding hydrogens is 402 g/mol. The summed E-state index contributed by atoms with van der Waals surface area (Å²) in [6, 6.07) is 15.9. The van der Waals surface area contributed by atoms with Gasteiger partial charge in [-0.05, 0) is 54.8 Å². The Balaban J connectivity index is 1.67. The molecule has 0 bridgehead atoms. The van der Waals surface area contributed by atoms with Crippen molar-refractivity contribution < 1.29 is 9.47 Å². The molecule has 0 atom stereocenters. The standard InChI is InChI=1S/C25H29N5O2/c1-31-20-12-8-17(9-13-20)22-16-27-25(30-24(26)28-19-6-4-3-5-7-19)29-23(22)18-10-14-21(32-2)15-11-18/h8-16,19H,3-7H2,1-2H3,(H3,26,27,28,29,30). The summed E-state index contributed by atoms with van der Waals surface area (Å²) in [6.45, 7) is 0. The zero-order chi connectivity index (χ0) is 22.3. The molecule has 1 aliphatic rings. The third-order valence-corrected chi connectivity index (χ3v) is 5.69. The maximum absolute atomic E-state index is 6.17. The first-order chi connectivity index (χ1) is 15.7. The van der Waals surface area contributed by atoms with Crippen LogP contribution in [0.25, 0.3) is 22.4 Å². The molecule has 1 heterocycles. The smallest absolute Gasteiger partial charge is 0.230 e. The predicted molar refractivity (Wildman–Crippen MR) is 128 cm³/mol. The molecule has 2 aromatic carbocycles. The van der Waals surface area contributed by atoms with Gasteiger partial charge >= 0.3 is 0 Å². The van der Waals surface area contributed by atoms with Crippen LogP contribution in [0.4, 0.5) is 5.95 Å². The van der Waals surface area contributed by atoms with Gasteiger partial charge in [0.25, 0.3) is 0 Å². The summed E-state index contributed by atoms with van der Waals surface area (Å²) < 4.78 is 10.6. The van der Waals surface area contributed by atoms with Crippen LogP contribution in [0.1, 0.15) is 32.1 Å². The van der Waals surface area contributed by atoms with E-state index in [1.165, 1.54) is 19.3 Å². The Morgan fingerprint density at radius 3 is 2.09 bits per heavy atom. The van der Waals surface area contributed by atoms with Crippen LogP contribution in [0.2, 0.25) is 0 Å². The van der Waals surface area contributed by atoms with Gasteiger partial charge in [0.1, 0.15) is 11.5 Å². The number of hydrogen-bond acceptors (Lipinski definition) is 5. The second-order valence-electron chi connectivity index (χ2n) is 7.84. The van der Waals surface area contributed by atoms with E-state index in [1.807, 2.05) is 54.7 Å². The number of nitrogens with zero attached hydrogens (tertiary/aromatic N) is 3. The number of ether oxygens (including phenoxy) is 2. The molecule has 1 saturated carbocycles. The van der Waals surface area contributed by atoms with E-state index < -0.39 is 0 Å². The van der Waals surface area contributed by atoms with Crippen molar-refractivity contribution in [1.82, 2.24) is 9.97 Å². The van der Waals surface area contributed by atoms with E-state index in [2.05, 4.69) is 15.3 Å². The van der Waals surface area contributed by atoms with Gasteiger partial charge in [-0.25, -0.2) is 15.0 Å². The molecule has 166 valence electrons. The van der Waals surface area contributed by atoms with Gasteiger partial charge in [-0.15, -0.1) is 0 Å². The number of methoxy groups -OCH3 is 2. The van der Waals surface area contributed by atoms with Crippen LogP contribution < -0.4 is 20.5 Å². The van der Waals surface area contributed by atoms with E-state index in [-0.39, 0.29) is 6.04 Å². The molecule has 0 radical (unpaired) electrons. The number of anilines is 1. The number of benzene rings is 2. The van der Waals surface area contributed by atoms with E-state index >= 15 is 0 Å². The number of nitrogens with two attached hydrogens (primary N) is 1. The van der Waals surface area contributed by atoms with Crippen LogP contribution in [0.5, 0.6) is 11.5 Å². The highest BCUT2D eigenvalue weighted by Crippen LogP contribution is 2.32. The van der Waals surface area contributed by atoms with Gasteiger partial charge in [0, 0.05) is 17.3 Å². The zero-order valence-electron chi connectivity index (χ0n) is 18.5. The average Bonchev–Trinajstić information content (AvgIpc) is 2.85. The lowest BCUT2D eigenvalue weighted by molar-refractivity contribution is 0.414. The number of aliphatic imine (C=N–C) groups is 1. The van der Waals surface area contributed by atoms with Gasteiger partial charge in [-0.1, -0.05) is 31.4 Å². The third kappa shape index (κ3) is 5.17. The molecule has 3 N–H and O–H groups in total. The van der Waals surface area contributed by atoms with Crippen molar-refractivity contribution in [3.63, 3.8) is 0 Å². The van der Waals surface area contributed by atoms with Crippen molar-refractivity contribution in [3.05, 3.63) is 54.7 Å². The molecule has 0 amide bonds. The van der Waals surface area contributed by atoms with Crippen LogP contribution in [0.15, 0.2) is 59.7 Å². The minimum absolute atomic E-state index is 0.274. The van der Waals surface area contributed by atoms with Crippen molar-refractivity contribution in [3.8, 4) is 33.9 Å². The summed E-state index contributed by atoms with van der Waals surface area (Å²) in [5, 5.41) is 3.08. The Bertz CT molecular complexity index is 1060. The van der Waals surface area contributed by atoms with E-state index in [0.29, 0.717) is 11.9 Å². The summed E-state index contributed by atoms with van der Waals surface area (Å²) in [7, 11) is 3.31. The van der Waals surface area contributed by atoms with E-state index in [0.717, 1.165) is 46.7 Å². The third-order valence-electron chi connectivity index (χ3n) is 5.69. The Labute approximate surface area is 188 Å². The molecule has 0 saturated heterocycles. The normalized spacial score (nSPS) is 14.8. The Hall–Kier alpha value is -3.61. The van der Waals surface area contributed by atoms with Gasteiger partial charge in [-0.3, -0.25) is 5.32 Å². The fraction of sp³-hybridized carbons (Fsp3) is 0.320. The van der Waals surface area contributed by atoms with E-state index in [9.17, 15) is 0 Å². The topological polar surface area (TPSA) is 94.7 Å². The lowest BCUT2D eigenvalue weighted by atomic mass is 9.96. The minimum Gasteiger partial charge on any atom is -0.497 e. The van der Waals surface area contributed by atoms with E-state index in [4.69, 9.17) is 20.2 Å². The molecule has 7 nitrogen and oxygen atoms in total. The van der Waals surface area contributed by atoms with Crippen LogP contribution in [-0.2, 0) is 0 Å². The van der Waals surface area contributed by atoms with Crippen molar-refractivity contribution in [2.75, 3.05) is 19.5 Å². The second-order valence-corrected chi connectivity index (χ2v) is 7.84.